The second-order valence-electron chi connectivity index (χ2n) is 4.34. The number of hydrogen-bond acceptors (Lipinski definition) is 5. The molecule has 1 aliphatic rings. The van der Waals surface area contributed by atoms with Crippen molar-refractivity contribution in [3.63, 3.8) is 0 Å². The van der Waals surface area contributed by atoms with E-state index in [2.05, 4.69) is 10.3 Å². The van der Waals surface area contributed by atoms with E-state index in [0.717, 1.165) is 6.54 Å². The Bertz CT molecular complexity index is 375. The third kappa shape index (κ3) is 4.33. The van der Waals surface area contributed by atoms with Crippen molar-refractivity contribution in [1.29, 1.82) is 0 Å². The summed E-state index contributed by atoms with van der Waals surface area (Å²) in [5.41, 5.74) is 0. The van der Waals surface area contributed by atoms with Crippen LogP contribution in [0.5, 0.6) is 11.6 Å². The molecule has 0 amide bonds. The van der Waals surface area contributed by atoms with Crippen molar-refractivity contribution in [1.82, 2.24) is 10.3 Å². The maximum absolute atomic E-state index is 13.6. The van der Waals surface area contributed by atoms with Crippen LogP contribution >= 0.6 is 0 Å². The SMILES string of the molecule is COCCOc1ccc(OC2CCNC[C@H]2F)cn1. The molecule has 2 heterocycles. The van der Waals surface area contributed by atoms with E-state index in [1.165, 1.54) is 0 Å². The second kappa shape index (κ2) is 7.25. The van der Waals surface area contributed by atoms with Crippen molar-refractivity contribution >= 4 is 0 Å². The lowest BCUT2D eigenvalue weighted by Gasteiger charge is -2.27. The number of nitrogens with zero attached hydrogens (tertiary/aromatic N) is 1. The Balaban J connectivity index is 1.84. The van der Waals surface area contributed by atoms with Crippen molar-refractivity contribution in [2.45, 2.75) is 18.7 Å². The van der Waals surface area contributed by atoms with Gasteiger partial charge >= 0.3 is 0 Å². The van der Waals surface area contributed by atoms with Crippen LogP contribution in [0, 0.1) is 0 Å². The summed E-state index contributed by atoms with van der Waals surface area (Å²) in [5, 5.41) is 2.99. The molecule has 0 bridgehead atoms. The zero-order valence-electron chi connectivity index (χ0n) is 11.0. The predicted molar refractivity (Wildman–Crippen MR) is 68.4 cm³/mol. The molecule has 106 valence electrons. The molecule has 1 aliphatic heterocycles. The van der Waals surface area contributed by atoms with Gasteiger partial charge in [-0.3, -0.25) is 0 Å². The molecule has 1 fully saturated rings. The summed E-state index contributed by atoms with van der Waals surface area (Å²) in [5.74, 6) is 1.07. The van der Waals surface area contributed by atoms with Crippen LogP contribution < -0.4 is 14.8 Å². The van der Waals surface area contributed by atoms with Crippen molar-refractivity contribution < 1.29 is 18.6 Å². The van der Waals surface area contributed by atoms with E-state index >= 15 is 0 Å². The number of pyridine rings is 1. The summed E-state index contributed by atoms with van der Waals surface area (Å²) < 4.78 is 29.4. The molecule has 1 aromatic rings. The van der Waals surface area contributed by atoms with Gasteiger partial charge in [0.25, 0.3) is 0 Å². The van der Waals surface area contributed by atoms with Gasteiger partial charge < -0.3 is 19.5 Å². The van der Waals surface area contributed by atoms with Gasteiger partial charge in [0.2, 0.25) is 5.88 Å². The van der Waals surface area contributed by atoms with E-state index in [9.17, 15) is 4.39 Å². The molecule has 19 heavy (non-hydrogen) atoms. The van der Waals surface area contributed by atoms with Crippen LogP contribution in [0.1, 0.15) is 6.42 Å². The summed E-state index contributed by atoms with van der Waals surface area (Å²) in [7, 11) is 1.61. The standard InChI is InChI=1S/C13H19FN2O3/c1-17-6-7-18-13-3-2-10(8-16-13)19-12-4-5-15-9-11(12)14/h2-3,8,11-12,15H,4-7,9H2,1H3/t11-,12?/m1/s1. The largest absolute Gasteiger partial charge is 0.486 e. The Labute approximate surface area is 112 Å². The third-order valence-corrected chi connectivity index (χ3v) is 2.88. The van der Waals surface area contributed by atoms with Gasteiger partial charge in [0, 0.05) is 19.7 Å². The number of aromatic nitrogens is 1. The van der Waals surface area contributed by atoms with Crippen LogP contribution in [-0.4, -0.2) is 50.7 Å². The molecule has 5 nitrogen and oxygen atoms in total. The van der Waals surface area contributed by atoms with E-state index in [4.69, 9.17) is 14.2 Å². The van der Waals surface area contributed by atoms with Gasteiger partial charge in [-0.15, -0.1) is 0 Å². The second-order valence-corrected chi connectivity index (χ2v) is 4.34. The average Bonchev–Trinajstić information content (AvgIpc) is 2.44. The Kier molecular flexibility index (Phi) is 5.35. The first kappa shape index (κ1) is 14.0. The lowest BCUT2D eigenvalue weighted by Crippen LogP contribution is -2.44. The summed E-state index contributed by atoms with van der Waals surface area (Å²) in [4.78, 5) is 4.10. The first-order valence-electron chi connectivity index (χ1n) is 6.39. The molecule has 2 rings (SSSR count). The number of halogens is 1. The van der Waals surface area contributed by atoms with Crippen molar-refractivity contribution in [3.05, 3.63) is 18.3 Å². The minimum atomic E-state index is -0.980. The lowest BCUT2D eigenvalue weighted by atomic mass is 10.1. The topological polar surface area (TPSA) is 52.6 Å². The zero-order valence-corrected chi connectivity index (χ0v) is 11.0. The highest BCUT2D eigenvalue weighted by atomic mass is 19.1. The van der Waals surface area contributed by atoms with Crippen LogP contribution in [0.3, 0.4) is 0 Å². The van der Waals surface area contributed by atoms with Crippen molar-refractivity contribution in [3.8, 4) is 11.6 Å². The normalized spacial score (nSPS) is 23.1. The summed E-state index contributed by atoms with van der Waals surface area (Å²) >= 11 is 0. The number of methoxy groups -OCH3 is 1. The van der Waals surface area contributed by atoms with Gasteiger partial charge in [0.15, 0.2) is 0 Å². The van der Waals surface area contributed by atoms with E-state index in [-0.39, 0.29) is 0 Å². The fourth-order valence-electron chi connectivity index (χ4n) is 1.86. The zero-order chi connectivity index (χ0) is 13.5. The monoisotopic (exact) mass is 270 g/mol. The molecule has 1 N–H and O–H groups in total. The Morgan fingerprint density at radius 3 is 3.00 bits per heavy atom. The summed E-state index contributed by atoms with van der Waals surface area (Å²) in [6.07, 6.45) is 0.833. The molecular weight excluding hydrogens is 251 g/mol. The van der Waals surface area contributed by atoms with Gasteiger partial charge in [0.05, 0.1) is 12.8 Å². The maximum Gasteiger partial charge on any atom is 0.213 e. The number of nitrogens with one attached hydrogen (secondary N) is 1. The fraction of sp³-hybridized carbons (Fsp3) is 0.615. The third-order valence-electron chi connectivity index (χ3n) is 2.88. The molecule has 0 aliphatic carbocycles. The molecule has 1 unspecified atom stereocenters. The highest BCUT2D eigenvalue weighted by molar-refractivity contribution is 5.23. The smallest absolute Gasteiger partial charge is 0.213 e. The molecule has 0 saturated carbocycles. The van der Waals surface area contributed by atoms with E-state index in [1.807, 2.05) is 0 Å². The Morgan fingerprint density at radius 1 is 1.42 bits per heavy atom. The van der Waals surface area contributed by atoms with Crippen molar-refractivity contribution in [2.24, 2.45) is 0 Å². The predicted octanol–water partition coefficient (Wildman–Crippen LogP) is 1.19. The van der Waals surface area contributed by atoms with Crippen LogP contribution in [0.25, 0.3) is 0 Å². The van der Waals surface area contributed by atoms with Crippen LogP contribution in [0.4, 0.5) is 4.39 Å². The Hall–Kier alpha value is -1.40. The minimum absolute atomic E-state index is 0.344. The first-order chi connectivity index (χ1) is 9.29. The molecule has 1 saturated heterocycles. The van der Waals surface area contributed by atoms with Crippen LogP contribution in [0.2, 0.25) is 0 Å². The van der Waals surface area contributed by atoms with Gasteiger partial charge in [-0.05, 0) is 19.0 Å². The lowest BCUT2D eigenvalue weighted by molar-refractivity contribution is 0.0726. The summed E-state index contributed by atoms with van der Waals surface area (Å²) in [6.45, 7) is 2.08. The highest BCUT2D eigenvalue weighted by Gasteiger charge is 2.26. The minimum Gasteiger partial charge on any atom is -0.486 e. The number of hydrogen-bond donors (Lipinski definition) is 1. The number of alkyl halides is 1. The average molecular weight is 270 g/mol. The van der Waals surface area contributed by atoms with Crippen molar-refractivity contribution in [2.75, 3.05) is 33.4 Å². The van der Waals surface area contributed by atoms with E-state index in [1.54, 1.807) is 25.4 Å². The highest BCUT2D eigenvalue weighted by Crippen LogP contribution is 2.19. The molecule has 1 aromatic heterocycles. The molecule has 0 radical (unpaired) electrons. The van der Waals surface area contributed by atoms with Gasteiger partial charge in [-0.25, -0.2) is 9.37 Å². The maximum atomic E-state index is 13.6. The molecule has 0 spiro atoms. The number of ether oxygens (including phenoxy) is 3. The van der Waals surface area contributed by atoms with Gasteiger partial charge in [-0.1, -0.05) is 0 Å². The summed E-state index contributed by atoms with van der Waals surface area (Å²) in [6, 6.07) is 3.45. The van der Waals surface area contributed by atoms with Crippen LogP contribution in [-0.2, 0) is 4.74 Å². The van der Waals surface area contributed by atoms with E-state index in [0.29, 0.717) is 37.8 Å². The molecule has 0 aromatic carbocycles. The molecular formula is C13H19FN2O3. The van der Waals surface area contributed by atoms with Gasteiger partial charge in [-0.2, -0.15) is 0 Å². The number of rotatable bonds is 6. The Morgan fingerprint density at radius 2 is 2.32 bits per heavy atom. The molecule has 6 heteroatoms. The van der Waals surface area contributed by atoms with Crippen LogP contribution in [0.15, 0.2) is 18.3 Å². The quantitative estimate of drug-likeness (QED) is 0.787. The fourth-order valence-corrected chi connectivity index (χ4v) is 1.86. The van der Waals surface area contributed by atoms with E-state index < -0.39 is 12.3 Å². The molecule has 2 atom stereocenters. The van der Waals surface area contributed by atoms with Gasteiger partial charge in [0.1, 0.15) is 24.6 Å². The first-order valence-corrected chi connectivity index (χ1v) is 6.39. The number of piperidine rings is 1.